The van der Waals surface area contributed by atoms with E-state index in [1.165, 1.54) is 9.80 Å². The standard InChI is InChI=1S/C27H30Cl2N2O6/c1-26(2,3)37-25(35)31-13-5-12-27(31)16-30(24(27)34)22(23(32)33)14-17-8-10-18(11-9-17)36-15-19-20(28)6-4-7-21(19)29/h4,6-11,22H,5,12-16H2,1-3H3,(H,32,33)/t22-,27-/m1/s1. The Morgan fingerprint density at radius 2 is 1.76 bits per heavy atom. The molecule has 0 aromatic heterocycles. The number of likely N-dealkylation sites (tertiary alicyclic amines) is 2. The number of carboxylic acid groups (broad SMARTS) is 1. The van der Waals surface area contributed by atoms with E-state index < -0.39 is 29.2 Å². The van der Waals surface area contributed by atoms with E-state index in [0.29, 0.717) is 40.7 Å². The quantitative estimate of drug-likeness (QED) is 0.479. The van der Waals surface area contributed by atoms with Crippen molar-refractivity contribution in [2.75, 3.05) is 13.1 Å². The highest BCUT2D eigenvalue weighted by atomic mass is 35.5. The Morgan fingerprint density at radius 3 is 2.32 bits per heavy atom. The zero-order chi connectivity index (χ0) is 27.0. The van der Waals surface area contributed by atoms with Crippen LogP contribution in [-0.2, 0) is 27.4 Å². The summed E-state index contributed by atoms with van der Waals surface area (Å²) in [7, 11) is 0. The van der Waals surface area contributed by atoms with Crippen LogP contribution in [0.15, 0.2) is 42.5 Å². The molecular formula is C27H30Cl2N2O6. The van der Waals surface area contributed by atoms with Gasteiger partial charge in [0.15, 0.2) is 0 Å². The van der Waals surface area contributed by atoms with Crippen LogP contribution in [0.5, 0.6) is 5.75 Å². The van der Waals surface area contributed by atoms with Gasteiger partial charge >= 0.3 is 12.1 Å². The molecule has 2 atom stereocenters. The third kappa shape index (κ3) is 5.65. The molecule has 0 saturated carbocycles. The summed E-state index contributed by atoms with van der Waals surface area (Å²) in [5.74, 6) is -0.872. The fraction of sp³-hybridized carbons (Fsp3) is 0.444. The van der Waals surface area contributed by atoms with Gasteiger partial charge in [0.25, 0.3) is 5.91 Å². The Morgan fingerprint density at radius 1 is 1.11 bits per heavy atom. The number of carboxylic acids is 1. The lowest BCUT2D eigenvalue weighted by Gasteiger charge is -2.52. The smallest absolute Gasteiger partial charge is 0.411 e. The highest BCUT2D eigenvalue weighted by Gasteiger charge is 2.62. The topological polar surface area (TPSA) is 96.4 Å². The van der Waals surface area contributed by atoms with Crippen LogP contribution in [0.2, 0.25) is 10.0 Å². The summed E-state index contributed by atoms with van der Waals surface area (Å²) in [6, 6.07) is 11.2. The minimum atomic E-state index is -1.10. The van der Waals surface area contributed by atoms with Gasteiger partial charge in [0, 0.05) is 28.6 Å². The second-order valence-corrected chi connectivity index (χ2v) is 11.2. The molecule has 4 rings (SSSR count). The van der Waals surface area contributed by atoms with Gasteiger partial charge in [-0.25, -0.2) is 9.59 Å². The molecule has 2 aromatic carbocycles. The molecule has 2 heterocycles. The number of nitrogens with zero attached hydrogens (tertiary/aromatic N) is 2. The third-order valence-electron chi connectivity index (χ3n) is 6.65. The van der Waals surface area contributed by atoms with Crippen LogP contribution in [0.4, 0.5) is 4.79 Å². The first kappa shape index (κ1) is 27.1. The van der Waals surface area contributed by atoms with E-state index in [0.717, 1.165) is 5.56 Å². The summed E-state index contributed by atoms with van der Waals surface area (Å²) < 4.78 is 11.3. The van der Waals surface area contributed by atoms with Crippen LogP contribution in [0.25, 0.3) is 0 Å². The molecule has 2 saturated heterocycles. The lowest BCUT2D eigenvalue weighted by Crippen LogP contribution is -2.75. The molecule has 2 amide bonds. The van der Waals surface area contributed by atoms with E-state index in [9.17, 15) is 19.5 Å². The summed E-state index contributed by atoms with van der Waals surface area (Å²) in [6.07, 6.45) is 0.742. The number of carbonyl (C=O) groups is 3. The number of ether oxygens (including phenoxy) is 2. The van der Waals surface area contributed by atoms with Crippen LogP contribution >= 0.6 is 23.2 Å². The number of hydrogen-bond acceptors (Lipinski definition) is 5. The predicted molar refractivity (Wildman–Crippen MR) is 139 cm³/mol. The molecule has 0 bridgehead atoms. The van der Waals surface area contributed by atoms with Gasteiger partial charge in [-0.2, -0.15) is 0 Å². The summed E-state index contributed by atoms with van der Waals surface area (Å²) in [4.78, 5) is 41.0. The molecule has 2 fully saturated rings. The second kappa shape index (κ2) is 10.4. The Balaban J connectivity index is 1.40. The lowest BCUT2D eigenvalue weighted by molar-refractivity contribution is -0.171. The van der Waals surface area contributed by atoms with Gasteiger partial charge < -0.3 is 19.5 Å². The second-order valence-electron chi connectivity index (χ2n) is 10.4. The number of amides is 2. The number of rotatable bonds is 7. The van der Waals surface area contributed by atoms with Gasteiger partial charge in [-0.3, -0.25) is 9.69 Å². The molecular weight excluding hydrogens is 519 g/mol. The van der Waals surface area contributed by atoms with Gasteiger partial charge in [-0.15, -0.1) is 0 Å². The van der Waals surface area contributed by atoms with Gasteiger partial charge in [0.1, 0.15) is 29.5 Å². The number of β-lactam (4-membered cyclic amide) rings is 1. The van der Waals surface area contributed by atoms with Crippen LogP contribution in [0, 0.1) is 0 Å². The number of carbonyl (C=O) groups excluding carboxylic acids is 2. The van der Waals surface area contributed by atoms with Crippen LogP contribution in [0.1, 0.15) is 44.7 Å². The zero-order valence-electron chi connectivity index (χ0n) is 21.0. The van der Waals surface area contributed by atoms with Crippen molar-refractivity contribution in [3.63, 3.8) is 0 Å². The molecule has 0 radical (unpaired) electrons. The Hall–Kier alpha value is -2.97. The fourth-order valence-electron chi connectivity index (χ4n) is 4.80. The van der Waals surface area contributed by atoms with E-state index in [2.05, 4.69) is 0 Å². The molecule has 1 N–H and O–H groups in total. The average Bonchev–Trinajstić information content (AvgIpc) is 3.28. The Kier molecular flexibility index (Phi) is 7.62. The monoisotopic (exact) mass is 548 g/mol. The van der Waals surface area contributed by atoms with Crippen molar-refractivity contribution >= 4 is 41.2 Å². The van der Waals surface area contributed by atoms with Crippen LogP contribution < -0.4 is 4.74 Å². The molecule has 37 heavy (non-hydrogen) atoms. The predicted octanol–water partition coefficient (Wildman–Crippen LogP) is 5.18. The van der Waals surface area contributed by atoms with E-state index in [-0.39, 0.29) is 25.5 Å². The average molecular weight is 549 g/mol. The molecule has 8 nitrogen and oxygen atoms in total. The maximum absolute atomic E-state index is 13.3. The first-order valence-electron chi connectivity index (χ1n) is 12.1. The van der Waals surface area contributed by atoms with E-state index >= 15 is 0 Å². The summed E-state index contributed by atoms with van der Waals surface area (Å²) in [6.45, 7) is 6.07. The first-order valence-corrected chi connectivity index (χ1v) is 12.9. The molecule has 2 aromatic rings. The van der Waals surface area contributed by atoms with Crippen molar-refractivity contribution in [1.82, 2.24) is 9.80 Å². The van der Waals surface area contributed by atoms with Gasteiger partial charge in [-0.05, 0) is 63.4 Å². The summed E-state index contributed by atoms with van der Waals surface area (Å²) in [5.41, 5.74) is -0.293. The van der Waals surface area contributed by atoms with Gasteiger partial charge in [0.05, 0.1) is 6.54 Å². The third-order valence-corrected chi connectivity index (χ3v) is 7.36. The van der Waals surface area contributed by atoms with Crippen molar-refractivity contribution in [2.24, 2.45) is 0 Å². The summed E-state index contributed by atoms with van der Waals surface area (Å²) in [5, 5.41) is 10.9. The number of aliphatic carboxylic acids is 1. The molecule has 0 unspecified atom stereocenters. The van der Waals surface area contributed by atoms with Crippen molar-refractivity contribution in [3.05, 3.63) is 63.6 Å². The Labute approximate surface area is 226 Å². The molecule has 2 aliphatic rings. The largest absolute Gasteiger partial charge is 0.489 e. The minimum Gasteiger partial charge on any atom is -0.489 e. The normalized spacial score (nSPS) is 20.1. The maximum Gasteiger partial charge on any atom is 0.411 e. The van der Waals surface area contributed by atoms with E-state index in [1.807, 2.05) is 0 Å². The maximum atomic E-state index is 13.3. The van der Waals surface area contributed by atoms with Gasteiger partial charge in [-0.1, -0.05) is 41.4 Å². The fourth-order valence-corrected chi connectivity index (χ4v) is 5.31. The van der Waals surface area contributed by atoms with Crippen molar-refractivity contribution in [3.8, 4) is 5.75 Å². The molecule has 1 spiro atoms. The van der Waals surface area contributed by atoms with Crippen molar-refractivity contribution in [1.29, 1.82) is 0 Å². The number of halogens is 2. The van der Waals surface area contributed by atoms with E-state index in [4.69, 9.17) is 32.7 Å². The summed E-state index contributed by atoms with van der Waals surface area (Å²) >= 11 is 12.4. The number of benzene rings is 2. The molecule has 10 heteroatoms. The highest BCUT2D eigenvalue weighted by Crippen LogP contribution is 2.41. The van der Waals surface area contributed by atoms with E-state index in [1.54, 1.807) is 63.2 Å². The molecule has 198 valence electrons. The minimum absolute atomic E-state index is 0.125. The van der Waals surface area contributed by atoms with Crippen molar-refractivity contribution in [2.45, 2.75) is 63.8 Å². The number of hydrogen-bond donors (Lipinski definition) is 1. The lowest BCUT2D eigenvalue weighted by atomic mass is 9.83. The first-order chi connectivity index (χ1) is 17.4. The highest BCUT2D eigenvalue weighted by molar-refractivity contribution is 6.35. The SMILES string of the molecule is CC(C)(C)OC(=O)N1CCC[C@]12CN([C@H](Cc1ccc(OCc3c(Cl)cccc3Cl)cc1)C(=O)O)C2=O. The Bertz CT molecular complexity index is 1180. The molecule has 0 aliphatic carbocycles. The van der Waals surface area contributed by atoms with Crippen LogP contribution in [-0.4, -0.2) is 63.1 Å². The van der Waals surface area contributed by atoms with Crippen molar-refractivity contribution < 1.29 is 29.0 Å². The zero-order valence-corrected chi connectivity index (χ0v) is 22.5. The van der Waals surface area contributed by atoms with Crippen LogP contribution in [0.3, 0.4) is 0 Å². The van der Waals surface area contributed by atoms with Gasteiger partial charge in [0.2, 0.25) is 0 Å². The molecule has 2 aliphatic heterocycles.